The number of rotatable bonds is 7. The minimum absolute atomic E-state index is 0.109. The van der Waals surface area contributed by atoms with Crippen LogP contribution in [0.15, 0.2) is 22.6 Å². The average molecular weight is 418 g/mol. The maximum absolute atomic E-state index is 12.1. The molecule has 1 aromatic rings. The van der Waals surface area contributed by atoms with Crippen LogP contribution in [-0.2, 0) is 9.53 Å². The van der Waals surface area contributed by atoms with Gasteiger partial charge in [0.1, 0.15) is 17.1 Å². The van der Waals surface area contributed by atoms with Gasteiger partial charge in [0.2, 0.25) is 5.91 Å². The summed E-state index contributed by atoms with van der Waals surface area (Å²) in [4.78, 5) is 28.2. The number of furan rings is 1. The van der Waals surface area contributed by atoms with E-state index < -0.39 is 5.60 Å². The fraction of sp³-hybridized carbons (Fsp3) is 0.652. The van der Waals surface area contributed by atoms with E-state index in [2.05, 4.69) is 17.1 Å². The van der Waals surface area contributed by atoms with E-state index in [0.717, 1.165) is 37.6 Å². The summed E-state index contributed by atoms with van der Waals surface area (Å²) in [5.41, 5.74) is -0.462. The van der Waals surface area contributed by atoms with Gasteiger partial charge in [0.25, 0.3) is 0 Å². The highest BCUT2D eigenvalue weighted by Crippen LogP contribution is 2.47. The molecule has 1 aliphatic heterocycles. The molecule has 1 N–H and O–H groups in total. The van der Waals surface area contributed by atoms with Crippen molar-refractivity contribution < 1.29 is 18.7 Å². The summed E-state index contributed by atoms with van der Waals surface area (Å²) in [5.74, 6) is 2.89. The molecule has 1 saturated carbocycles. The topological polar surface area (TPSA) is 75.0 Å². The fourth-order valence-corrected chi connectivity index (χ4v) is 3.59. The number of nitrogens with one attached hydrogen (secondary N) is 1. The summed E-state index contributed by atoms with van der Waals surface area (Å²) in [6.07, 6.45) is 5.07. The molecule has 2 aliphatic rings. The van der Waals surface area contributed by atoms with Crippen LogP contribution < -0.4 is 5.32 Å². The summed E-state index contributed by atoms with van der Waals surface area (Å²) in [5, 5.41) is 2.92. The molecule has 7 nitrogen and oxygen atoms in total. The van der Waals surface area contributed by atoms with Gasteiger partial charge in [0, 0.05) is 44.7 Å². The van der Waals surface area contributed by atoms with E-state index in [4.69, 9.17) is 9.15 Å². The first-order valence-corrected chi connectivity index (χ1v) is 11.0. The zero-order valence-electron chi connectivity index (χ0n) is 18.6. The van der Waals surface area contributed by atoms with E-state index in [9.17, 15) is 9.59 Å². The molecular weight excluding hydrogens is 382 g/mol. The molecule has 166 valence electrons. The minimum atomic E-state index is -0.462. The summed E-state index contributed by atoms with van der Waals surface area (Å²) < 4.78 is 11.2. The van der Waals surface area contributed by atoms with Gasteiger partial charge in [0.15, 0.2) is 0 Å². The highest BCUT2D eigenvalue weighted by molar-refractivity contribution is 5.91. The van der Waals surface area contributed by atoms with Crippen LogP contribution in [0.3, 0.4) is 0 Å². The summed E-state index contributed by atoms with van der Waals surface area (Å²) in [7, 11) is 0. The molecule has 0 radical (unpaired) electrons. The van der Waals surface area contributed by atoms with E-state index in [1.165, 1.54) is 12.5 Å². The monoisotopic (exact) mass is 417 g/mol. The zero-order valence-corrected chi connectivity index (χ0v) is 18.6. The van der Waals surface area contributed by atoms with Crippen molar-refractivity contribution in [3.8, 4) is 0 Å². The normalized spacial score (nSPS) is 22.3. The van der Waals surface area contributed by atoms with Crippen LogP contribution >= 0.6 is 0 Å². The first-order valence-electron chi connectivity index (χ1n) is 11.0. The van der Waals surface area contributed by atoms with Crippen molar-refractivity contribution in [2.45, 2.75) is 52.1 Å². The number of piperazine rings is 1. The number of nitrogens with zero attached hydrogens (tertiary/aromatic N) is 2. The Morgan fingerprint density at radius 3 is 2.57 bits per heavy atom. The lowest BCUT2D eigenvalue weighted by Crippen LogP contribution is -2.50. The van der Waals surface area contributed by atoms with Crippen molar-refractivity contribution in [3.05, 3.63) is 29.7 Å². The minimum Gasteiger partial charge on any atom is -0.461 e. The maximum atomic E-state index is 12.1. The van der Waals surface area contributed by atoms with Crippen molar-refractivity contribution >= 4 is 18.1 Å². The molecule has 2 amide bonds. The Kier molecular flexibility index (Phi) is 7.23. The van der Waals surface area contributed by atoms with Gasteiger partial charge >= 0.3 is 6.09 Å². The lowest BCUT2D eigenvalue weighted by molar-refractivity contribution is -0.116. The van der Waals surface area contributed by atoms with Crippen LogP contribution in [0.4, 0.5) is 4.79 Å². The lowest BCUT2D eigenvalue weighted by atomic mass is 10.2. The molecule has 2 fully saturated rings. The predicted molar refractivity (Wildman–Crippen MR) is 116 cm³/mol. The molecule has 0 spiro atoms. The predicted octanol–water partition coefficient (Wildman–Crippen LogP) is 3.48. The molecule has 3 rings (SSSR count). The van der Waals surface area contributed by atoms with Crippen LogP contribution in [0.25, 0.3) is 6.08 Å². The maximum Gasteiger partial charge on any atom is 0.410 e. The highest BCUT2D eigenvalue weighted by Gasteiger charge is 2.36. The van der Waals surface area contributed by atoms with Crippen LogP contribution in [0.1, 0.15) is 58.0 Å². The molecule has 2 atom stereocenters. The Labute approximate surface area is 179 Å². The van der Waals surface area contributed by atoms with Gasteiger partial charge in [0.05, 0.1) is 0 Å². The summed E-state index contributed by atoms with van der Waals surface area (Å²) >= 11 is 0. The fourth-order valence-electron chi connectivity index (χ4n) is 3.59. The lowest BCUT2D eigenvalue weighted by Gasteiger charge is -2.35. The second-order valence-corrected chi connectivity index (χ2v) is 9.35. The molecule has 1 saturated heterocycles. The Bertz CT molecular complexity index is 757. The number of amides is 2. The van der Waals surface area contributed by atoms with Gasteiger partial charge in [-0.2, -0.15) is 0 Å². The highest BCUT2D eigenvalue weighted by atomic mass is 16.6. The third-order valence-electron chi connectivity index (χ3n) is 5.50. The van der Waals surface area contributed by atoms with Crippen LogP contribution in [0.2, 0.25) is 0 Å². The Balaban J connectivity index is 1.28. The SMILES string of the molecule is C[C@@H]1C[C@@H]1c1ccc(/C=C/C(=O)NCCCN2CCN(C(=O)OC(C)(C)C)CC2)o1. The molecule has 0 bridgehead atoms. The van der Waals surface area contributed by atoms with E-state index in [1.54, 1.807) is 11.0 Å². The smallest absolute Gasteiger partial charge is 0.410 e. The summed E-state index contributed by atoms with van der Waals surface area (Å²) in [6.45, 7) is 12.4. The number of carbonyl (C=O) groups excluding carboxylic acids is 2. The molecule has 2 heterocycles. The molecule has 1 aliphatic carbocycles. The molecular formula is C23H35N3O4. The molecule has 7 heteroatoms. The third kappa shape index (κ3) is 6.90. The number of hydrogen-bond acceptors (Lipinski definition) is 5. The third-order valence-corrected chi connectivity index (χ3v) is 5.50. The average Bonchev–Trinajstić information content (AvgIpc) is 3.22. The Morgan fingerprint density at radius 1 is 1.23 bits per heavy atom. The molecule has 30 heavy (non-hydrogen) atoms. The Hall–Kier alpha value is -2.28. The first kappa shape index (κ1) is 22.4. The van der Waals surface area contributed by atoms with Crippen molar-refractivity contribution in [2.75, 3.05) is 39.3 Å². The van der Waals surface area contributed by atoms with Gasteiger partial charge in [-0.3, -0.25) is 9.69 Å². The molecule has 0 aromatic carbocycles. The van der Waals surface area contributed by atoms with E-state index >= 15 is 0 Å². The van der Waals surface area contributed by atoms with Crippen LogP contribution in [0, 0.1) is 5.92 Å². The van der Waals surface area contributed by atoms with Crippen molar-refractivity contribution in [2.24, 2.45) is 5.92 Å². The van der Waals surface area contributed by atoms with E-state index in [1.807, 2.05) is 32.9 Å². The van der Waals surface area contributed by atoms with Crippen molar-refractivity contribution in [3.63, 3.8) is 0 Å². The second-order valence-electron chi connectivity index (χ2n) is 9.35. The number of ether oxygens (including phenoxy) is 1. The van der Waals surface area contributed by atoms with Crippen molar-refractivity contribution in [1.82, 2.24) is 15.1 Å². The van der Waals surface area contributed by atoms with Crippen molar-refractivity contribution in [1.29, 1.82) is 0 Å². The van der Waals surface area contributed by atoms with Gasteiger partial charge in [-0.05, 0) is 64.3 Å². The standard InChI is InChI=1S/C23H35N3O4/c1-17-16-19(17)20-8-6-18(29-20)7-9-21(27)24-10-5-11-25-12-14-26(15-13-25)22(28)30-23(2,3)4/h6-9,17,19H,5,10-16H2,1-4H3,(H,24,27)/b9-7+/t17-,19+/m1/s1. The molecule has 0 unspecified atom stereocenters. The quantitative estimate of drug-likeness (QED) is 0.543. The largest absolute Gasteiger partial charge is 0.461 e. The number of carbonyl (C=O) groups is 2. The van der Waals surface area contributed by atoms with Crippen LogP contribution in [0.5, 0.6) is 0 Å². The summed E-state index contributed by atoms with van der Waals surface area (Å²) in [6, 6.07) is 3.93. The second kappa shape index (κ2) is 9.69. The van der Waals surface area contributed by atoms with Gasteiger partial charge < -0.3 is 19.4 Å². The molecule has 1 aromatic heterocycles. The van der Waals surface area contributed by atoms with Gasteiger partial charge in [-0.1, -0.05) is 6.92 Å². The first-order chi connectivity index (χ1) is 14.2. The zero-order chi connectivity index (χ0) is 21.7. The van der Waals surface area contributed by atoms with E-state index in [0.29, 0.717) is 31.5 Å². The van der Waals surface area contributed by atoms with E-state index in [-0.39, 0.29) is 12.0 Å². The van der Waals surface area contributed by atoms with Gasteiger partial charge in [-0.25, -0.2) is 4.79 Å². The Morgan fingerprint density at radius 2 is 1.93 bits per heavy atom. The van der Waals surface area contributed by atoms with Gasteiger partial charge in [-0.15, -0.1) is 0 Å². The van der Waals surface area contributed by atoms with Crippen LogP contribution in [-0.4, -0.2) is 66.7 Å². The number of hydrogen-bond donors (Lipinski definition) is 1.